The number of carbonyl (C=O) groups is 1. The van der Waals surface area contributed by atoms with Crippen molar-refractivity contribution in [1.29, 1.82) is 0 Å². The first-order valence-electron chi connectivity index (χ1n) is 9.48. The van der Waals surface area contributed by atoms with E-state index in [0.29, 0.717) is 24.2 Å². The van der Waals surface area contributed by atoms with Crippen molar-refractivity contribution >= 4 is 11.6 Å². The normalized spacial score (nSPS) is 24.0. The minimum absolute atomic E-state index is 0.0319. The van der Waals surface area contributed by atoms with E-state index < -0.39 is 0 Å². The van der Waals surface area contributed by atoms with Crippen LogP contribution in [0.25, 0.3) is 0 Å². The van der Waals surface area contributed by atoms with E-state index in [1.54, 1.807) is 12.4 Å². The number of nitrogens with zero attached hydrogens (tertiary/aromatic N) is 4. The van der Waals surface area contributed by atoms with Gasteiger partial charge in [-0.2, -0.15) is 0 Å². The number of carbonyl (C=O) groups excluding carboxylic acids is 1. The molecular formula is C21H25FN4O. The largest absolute Gasteiger partial charge is 0.363 e. The van der Waals surface area contributed by atoms with Gasteiger partial charge in [0.1, 0.15) is 11.5 Å². The van der Waals surface area contributed by atoms with E-state index in [1.807, 2.05) is 24.0 Å². The molecule has 1 aromatic carbocycles. The third-order valence-electron chi connectivity index (χ3n) is 5.83. The van der Waals surface area contributed by atoms with Gasteiger partial charge in [-0.3, -0.25) is 9.78 Å². The Morgan fingerprint density at radius 2 is 1.93 bits per heavy atom. The Labute approximate surface area is 159 Å². The molecule has 1 amide bonds. The number of benzene rings is 1. The molecule has 6 heteroatoms. The zero-order valence-electron chi connectivity index (χ0n) is 16.0. The number of likely N-dealkylation sites (tertiary alicyclic amines) is 1. The molecular weight excluding hydrogens is 343 g/mol. The summed E-state index contributed by atoms with van der Waals surface area (Å²) >= 11 is 0. The molecule has 0 unspecified atom stereocenters. The van der Waals surface area contributed by atoms with E-state index >= 15 is 0 Å². The van der Waals surface area contributed by atoms with Crippen molar-refractivity contribution in [3.63, 3.8) is 0 Å². The number of aryl methyl sites for hydroxylation is 1. The van der Waals surface area contributed by atoms with Gasteiger partial charge >= 0.3 is 0 Å². The van der Waals surface area contributed by atoms with E-state index in [0.717, 1.165) is 30.8 Å². The highest BCUT2D eigenvalue weighted by Gasteiger charge is 2.48. The van der Waals surface area contributed by atoms with E-state index in [-0.39, 0.29) is 17.3 Å². The number of amides is 1. The second kappa shape index (κ2) is 6.59. The minimum Gasteiger partial charge on any atom is -0.363 e. The van der Waals surface area contributed by atoms with Crippen molar-refractivity contribution < 1.29 is 9.18 Å². The zero-order chi connectivity index (χ0) is 19.2. The lowest BCUT2D eigenvalue weighted by Crippen LogP contribution is -2.50. The molecule has 2 aromatic rings. The van der Waals surface area contributed by atoms with Gasteiger partial charge in [0.15, 0.2) is 0 Å². The van der Waals surface area contributed by atoms with Crippen molar-refractivity contribution in [2.75, 3.05) is 18.0 Å². The lowest BCUT2D eigenvalue weighted by Gasteiger charge is -2.41. The van der Waals surface area contributed by atoms with Crippen LogP contribution in [0.15, 0.2) is 36.7 Å². The SMILES string of the molecule is Cc1cnc(C(=O)N2CC[C@H]3[C@@H](C2)CC(C)(C)N3c2ccc(F)cc2)cn1. The molecule has 2 aliphatic rings. The second-order valence-electron chi connectivity index (χ2n) is 8.27. The van der Waals surface area contributed by atoms with E-state index in [4.69, 9.17) is 0 Å². The molecule has 0 bridgehead atoms. The summed E-state index contributed by atoms with van der Waals surface area (Å²) in [6, 6.07) is 7.12. The number of halogens is 1. The fraction of sp³-hybridized carbons (Fsp3) is 0.476. The smallest absolute Gasteiger partial charge is 0.274 e. The number of hydrogen-bond donors (Lipinski definition) is 0. The minimum atomic E-state index is -0.216. The molecule has 1 aromatic heterocycles. The van der Waals surface area contributed by atoms with E-state index in [2.05, 4.69) is 28.7 Å². The molecule has 2 aliphatic heterocycles. The Kier molecular flexibility index (Phi) is 4.36. The van der Waals surface area contributed by atoms with Crippen molar-refractivity contribution in [3.8, 4) is 0 Å². The van der Waals surface area contributed by atoms with Crippen LogP contribution in [0.1, 0.15) is 42.9 Å². The van der Waals surface area contributed by atoms with Gasteiger partial charge in [-0.25, -0.2) is 9.37 Å². The molecule has 4 rings (SSSR count). The molecule has 0 aliphatic carbocycles. The Balaban J connectivity index is 1.53. The fourth-order valence-corrected chi connectivity index (χ4v) is 4.74. The maximum absolute atomic E-state index is 13.4. The number of fused-ring (bicyclic) bond motifs is 1. The van der Waals surface area contributed by atoms with Crippen molar-refractivity contribution in [2.24, 2.45) is 5.92 Å². The predicted molar refractivity (Wildman–Crippen MR) is 102 cm³/mol. The van der Waals surface area contributed by atoms with Gasteiger partial charge in [0.25, 0.3) is 5.91 Å². The highest BCUT2D eigenvalue weighted by Crippen LogP contribution is 2.44. The highest BCUT2D eigenvalue weighted by molar-refractivity contribution is 5.92. The van der Waals surface area contributed by atoms with Gasteiger partial charge in [-0.05, 0) is 63.8 Å². The topological polar surface area (TPSA) is 49.3 Å². The number of rotatable bonds is 2. The van der Waals surface area contributed by atoms with Crippen LogP contribution in [0.2, 0.25) is 0 Å². The van der Waals surface area contributed by atoms with E-state index in [1.165, 1.54) is 12.1 Å². The zero-order valence-corrected chi connectivity index (χ0v) is 16.0. The first-order chi connectivity index (χ1) is 12.8. The Morgan fingerprint density at radius 1 is 1.19 bits per heavy atom. The van der Waals surface area contributed by atoms with Gasteiger partial charge in [0.2, 0.25) is 0 Å². The summed E-state index contributed by atoms with van der Waals surface area (Å²) < 4.78 is 13.4. The van der Waals surface area contributed by atoms with Crippen LogP contribution < -0.4 is 4.90 Å². The first kappa shape index (κ1) is 17.9. The molecule has 0 radical (unpaired) electrons. The highest BCUT2D eigenvalue weighted by atomic mass is 19.1. The number of hydrogen-bond acceptors (Lipinski definition) is 4. The monoisotopic (exact) mass is 368 g/mol. The van der Waals surface area contributed by atoms with Crippen LogP contribution in [0.4, 0.5) is 10.1 Å². The van der Waals surface area contributed by atoms with Gasteiger partial charge < -0.3 is 9.80 Å². The van der Waals surface area contributed by atoms with Crippen LogP contribution in [-0.2, 0) is 0 Å². The molecule has 27 heavy (non-hydrogen) atoms. The lowest BCUT2D eigenvalue weighted by atomic mass is 9.89. The van der Waals surface area contributed by atoms with Crippen LogP contribution in [-0.4, -0.2) is 45.4 Å². The summed E-state index contributed by atoms with van der Waals surface area (Å²) in [4.78, 5) is 25.6. The molecule has 0 spiro atoms. The van der Waals surface area contributed by atoms with Gasteiger partial charge in [0.05, 0.1) is 11.9 Å². The quantitative estimate of drug-likeness (QED) is 0.815. The maximum Gasteiger partial charge on any atom is 0.274 e. The summed E-state index contributed by atoms with van der Waals surface area (Å²) in [5.41, 5.74) is 2.23. The Morgan fingerprint density at radius 3 is 2.59 bits per heavy atom. The summed E-state index contributed by atoms with van der Waals surface area (Å²) in [5, 5.41) is 0. The third-order valence-corrected chi connectivity index (χ3v) is 5.83. The standard InChI is InChI=1S/C21H25FN4O/c1-14-11-24-18(12-23-14)20(27)25-9-8-19-15(13-25)10-21(2,3)26(19)17-6-4-16(22)5-7-17/h4-7,11-12,15,19H,8-10,13H2,1-3H3/t15-,19+/m1/s1. The van der Waals surface area contributed by atoms with Crippen molar-refractivity contribution in [2.45, 2.75) is 45.2 Å². The summed E-state index contributed by atoms with van der Waals surface area (Å²) in [6.45, 7) is 7.74. The first-order valence-corrected chi connectivity index (χ1v) is 9.48. The van der Waals surface area contributed by atoms with E-state index in [9.17, 15) is 9.18 Å². The molecule has 5 nitrogen and oxygen atoms in total. The average molecular weight is 368 g/mol. The third kappa shape index (κ3) is 3.29. The fourth-order valence-electron chi connectivity index (χ4n) is 4.74. The lowest BCUT2D eigenvalue weighted by molar-refractivity contribution is 0.0661. The summed E-state index contributed by atoms with van der Waals surface area (Å²) in [5.74, 6) is 0.132. The molecule has 0 N–H and O–H groups in total. The van der Waals surface area contributed by atoms with Gasteiger partial charge in [-0.1, -0.05) is 0 Å². The molecule has 3 heterocycles. The van der Waals surface area contributed by atoms with Crippen molar-refractivity contribution in [3.05, 3.63) is 53.9 Å². The van der Waals surface area contributed by atoms with Gasteiger partial charge in [0, 0.05) is 36.6 Å². The molecule has 0 saturated carbocycles. The van der Waals surface area contributed by atoms with Gasteiger partial charge in [-0.15, -0.1) is 0 Å². The average Bonchev–Trinajstić information content (AvgIpc) is 2.91. The summed E-state index contributed by atoms with van der Waals surface area (Å²) in [6.07, 6.45) is 5.09. The molecule has 2 fully saturated rings. The van der Waals surface area contributed by atoms with Crippen LogP contribution in [0.5, 0.6) is 0 Å². The maximum atomic E-state index is 13.4. The predicted octanol–water partition coefficient (Wildman–Crippen LogP) is 3.44. The Hall–Kier alpha value is -2.50. The number of anilines is 1. The van der Waals surface area contributed by atoms with Crippen molar-refractivity contribution in [1.82, 2.24) is 14.9 Å². The molecule has 2 atom stereocenters. The molecule has 142 valence electrons. The number of aromatic nitrogens is 2. The summed E-state index contributed by atoms with van der Waals surface area (Å²) in [7, 11) is 0. The van der Waals surface area contributed by atoms with Crippen LogP contribution in [0, 0.1) is 18.7 Å². The van der Waals surface area contributed by atoms with Crippen LogP contribution in [0.3, 0.4) is 0 Å². The Bertz CT molecular complexity index is 834. The number of piperidine rings is 1. The molecule has 2 saturated heterocycles. The second-order valence-corrected chi connectivity index (χ2v) is 8.27. The van der Waals surface area contributed by atoms with Crippen LogP contribution >= 0.6 is 0 Å².